The Labute approximate surface area is 138 Å². The fourth-order valence-corrected chi connectivity index (χ4v) is 2.66. The molecule has 1 aromatic heterocycles. The molecular formula is C16H18FN5O2. The summed E-state index contributed by atoms with van der Waals surface area (Å²) in [4.78, 5) is 25.6. The van der Waals surface area contributed by atoms with E-state index in [9.17, 15) is 14.0 Å². The highest BCUT2D eigenvalue weighted by Gasteiger charge is 2.23. The van der Waals surface area contributed by atoms with Crippen molar-refractivity contribution in [3.05, 3.63) is 42.0 Å². The molecule has 1 atom stereocenters. The van der Waals surface area contributed by atoms with E-state index >= 15 is 0 Å². The lowest BCUT2D eigenvalue weighted by molar-refractivity contribution is -0.127. The van der Waals surface area contributed by atoms with Crippen LogP contribution in [0.3, 0.4) is 0 Å². The molecule has 126 valence electrons. The lowest BCUT2D eigenvalue weighted by atomic mass is 10.3. The van der Waals surface area contributed by atoms with Crippen LogP contribution in [0.4, 0.5) is 4.39 Å². The molecule has 1 fully saturated rings. The number of carbonyl (C=O) groups is 2. The van der Waals surface area contributed by atoms with E-state index in [0.717, 1.165) is 13.0 Å². The van der Waals surface area contributed by atoms with Crippen LogP contribution in [0.5, 0.6) is 0 Å². The van der Waals surface area contributed by atoms with E-state index in [2.05, 4.69) is 15.6 Å². The van der Waals surface area contributed by atoms with E-state index in [1.807, 2.05) is 6.92 Å². The standard InChI is InChI=1S/C16H18FN5O2/c1-11(9-21-8-2-3-15(21)23)18-16(24)14-10-22(20-19-14)13-6-4-12(17)5-7-13/h4-7,10-11H,2-3,8-9H2,1H3,(H,18,24)/t11-/m1/s1. The summed E-state index contributed by atoms with van der Waals surface area (Å²) < 4.78 is 14.3. The SMILES string of the molecule is C[C@H](CN1CCCC1=O)NC(=O)c1cn(-c2ccc(F)cc2)nn1. The van der Waals surface area contributed by atoms with E-state index in [4.69, 9.17) is 0 Å². The zero-order chi connectivity index (χ0) is 17.1. The topological polar surface area (TPSA) is 80.1 Å². The summed E-state index contributed by atoms with van der Waals surface area (Å²) in [5, 5.41) is 10.5. The van der Waals surface area contributed by atoms with E-state index < -0.39 is 0 Å². The van der Waals surface area contributed by atoms with Crippen LogP contribution in [0.25, 0.3) is 5.69 Å². The lowest BCUT2D eigenvalue weighted by Crippen LogP contribution is -2.42. The minimum Gasteiger partial charge on any atom is -0.346 e. The molecule has 0 saturated carbocycles. The van der Waals surface area contributed by atoms with Crippen molar-refractivity contribution in [3.63, 3.8) is 0 Å². The fourth-order valence-electron chi connectivity index (χ4n) is 2.66. The average Bonchev–Trinajstić information content (AvgIpc) is 3.18. The normalized spacial score (nSPS) is 15.6. The smallest absolute Gasteiger partial charge is 0.273 e. The largest absolute Gasteiger partial charge is 0.346 e. The van der Waals surface area contributed by atoms with E-state index in [-0.39, 0.29) is 29.4 Å². The zero-order valence-electron chi connectivity index (χ0n) is 13.3. The van der Waals surface area contributed by atoms with Gasteiger partial charge in [0.15, 0.2) is 5.69 Å². The molecule has 8 heteroatoms. The van der Waals surface area contributed by atoms with Gasteiger partial charge in [0.25, 0.3) is 5.91 Å². The van der Waals surface area contributed by atoms with Crippen molar-refractivity contribution in [2.75, 3.05) is 13.1 Å². The molecule has 1 N–H and O–H groups in total. The molecule has 1 aliphatic heterocycles. The summed E-state index contributed by atoms with van der Waals surface area (Å²) in [5.74, 6) is -0.581. The molecule has 0 radical (unpaired) electrons. The second-order valence-corrected chi connectivity index (χ2v) is 5.84. The first-order valence-electron chi connectivity index (χ1n) is 7.80. The van der Waals surface area contributed by atoms with Gasteiger partial charge in [-0.3, -0.25) is 9.59 Å². The number of rotatable bonds is 5. The first-order chi connectivity index (χ1) is 11.5. The Bertz CT molecular complexity index is 743. The van der Waals surface area contributed by atoms with Crippen molar-refractivity contribution in [1.82, 2.24) is 25.2 Å². The van der Waals surface area contributed by atoms with Crippen LogP contribution in [0, 0.1) is 5.82 Å². The van der Waals surface area contributed by atoms with Gasteiger partial charge in [-0.1, -0.05) is 5.21 Å². The minimum absolute atomic E-state index is 0.123. The Morgan fingerprint density at radius 3 is 2.79 bits per heavy atom. The molecule has 1 saturated heterocycles. The summed E-state index contributed by atoms with van der Waals surface area (Å²) in [7, 11) is 0. The number of hydrogen-bond donors (Lipinski definition) is 1. The number of hydrogen-bond acceptors (Lipinski definition) is 4. The Hall–Kier alpha value is -2.77. The molecule has 2 heterocycles. The second kappa shape index (κ2) is 6.77. The van der Waals surface area contributed by atoms with Gasteiger partial charge in [0.1, 0.15) is 5.82 Å². The van der Waals surface area contributed by atoms with Crippen molar-refractivity contribution in [1.29, 1.82) is 0 Å². The first-order valence-corrected chi connectivity index (χ1v) is 7.80. The van der Waals surface area contributed by atoms with Crippen molar-refractivity contribution in [2.24, 2.45) is 0 Å². The van der Waals surface area contributed by atoms with Gasteiger partial charge in [-0.25, -0.2) is 9.07 Å². The quantitative estimate of drug-likeness (QED) is 0.891. The molecule has 7 nitrogen and oxygen atoms in total. The van der Waals surface area contributed by atoms with Gasteiger partial charge in [0.2, 0.25) is 5.91 Å². The molecule has 1 aromatic carbocycles. The molecule has 2 amide bonds. The van der Waals surface area contributed by atoms with Crippen LogP contribution < -0.4 is 5.32 Å². The number of amides is 2. The van der Waals surface area contributed by atoms with E-state index in [0.29, 0.717) is 18.7 Å². The third-order valence-corrected chi connectivity index (χ3v) is 3.86. The number of carbonyl (C=O) groups excluding carboxylic acids is 2. The van der Waals surface area contributed by atoms with Crippen LogP contribution in [-0.2, 0) is 4.79 Å². The predicted molar refractivity (Wildman–Crippen MR) is 84.1 cm³/mol. The third-order valence-electron chi connectivity index (χ3n) is 3.86. The number of nitrogens with zero attached hydrogens (tertiary/aromatic N) is 4. The lowest BCUT2D eigenvalue weighted by Gasteiger charge is -2.21. The average molecular weight is 331 g/mol. The Kier molecular flexibility index (Phi) is 4.54. The summed E-state index contributed by atoms with van der Waals surface area (Å²) in [6, 6.07) is 5.54. The third kappa shape index (κ3) is 3.58. The number of aromatic nitrogens is 3. The van der Waals surface area contributed by atoms with Gasteiger partial charge < -0.3 is 10.2 Å². The van der Waals surface area contributed by atoms with E-state index in [1.54, 1.807) is 17.0 Å². The summed E-state index contributed by atoms with van der Waals surface area (Å²) in [6.07, 6.45) is 2.93. The maximum atomic E-state index is 12.9. The van der Waals surface area contributed by atoms with Gasteiger partial charge in [0.05, 0.1) is 11.9 Å². The zero-order valence-corrected chi connectivity index (χ0v) is 13.3. The van der Waals surface area contributed by atoms with Gasteiger partial charge >= 0.3 is 0 Å². The number of likely N-dealkylation sites (tertiary alicyclic amines) is 1. The van der Waals surface area contributed by atoms with Gasteiger partial charge in [-0.05, 0) is 37.6 Å². The van der Waals surface area contributed by atoms with E-state index in [1.165, 1.54) is 23.0 Å². The van der Waals surface area contributed by atoms with Crippen molar-refractivity contribution >= 4 is 11.8 Å². The predicted octanol–water partition coefficient (Wildman–Crippen LogP) is 1.15. The van der Waals surface area contributed by atoms with Gasteiger partial charge in [-0.15, -0.1) is 5.10 Å². The first kappa shape index (κ1) is 16.1. The maximum Gasteiger partial charge on any atom is 0.273 e. The van der Waals surface area contributed by atoms with Crippen LogP contribution in [-0.4, -0.2) is 50.8 Å². The van der Waals surface area contributed by atoms with Gasteiger partial charge in [-0.2, -0.15) is 0 Å². The molecule has 0 spiro atoms. The maximum absolute atomic E-state index is 12.9. The van der Waals surface area contributed by atoms with Crippen LogP contribution >= 0.6 is 0 Å². The number of halogens is 1. The Morgan fingerprint density at radius 2 is 2.12 bits per heavy atom. The minimum atomic E-state index is -0.359. The molecule has 0 bridgehead atoms. The molecule has 0 unspecified atom stereocenters. The monoisotopic (exact) mass is 331 g/mol. The molecule has 3 rings (SSSR count). The number of nitrogens with one attached hydrogen (secondary N) is 1. The Balaban J connectivity index is 1.61. The van der Waals surface area contributed by atoms with Crippen LogP contribution in [0.15, 0.2) is 30.5 Å². The summed E-state index contributed by atoms with van der Waals surface area (Å²) in [6.45, 7) is 3.06. The highest BCUT2D eigenvalue weighted by molar-refractivity contribution is 5.92. The summed E-state index contributed by atoms with van der Waals surface area (Å²) in [5.41, 5.74) is 0.776. The molecule has 24 heavy (non-hydrogen) atoms. The second-order valence-electron chi connectivity index (χ2n) is 5.84. The summed E-state index contributed by atoms with van der Waals surface area (Å²) >= 11 is 0. The van der Waals surface area contributed by atoms with Gasteiger partial charge in [0, 0.05) is 25.6 Å². The van der Waals surface area contributed by atoms with Crippen molar-refractivity contribution in [2.45, 2.75) is 25.8 Å². The van der Waals surface area contributed by atoms with Crippen LogP contribution in [0.1, 0.15) is 30.3 Å². The molecule has 1 aliphatic rings. The molecule has 0 aliphatic carbocycles. The van der Waals surface area contributed by atoms with Crippen LogP contribution in [0.2, 0.25) is 0 Å². The molecule has 2 aromatic rings. The number of benzene rings is 1. The molecular weight excluding hydrogens is 313 g/mol. The highest BCUT2D eigenvalue weighted by Crippen LogP contribution is 2.10. The van der Waals surface area contributed by atoms with Crippen molar-refractivity contribution in [3.8, 4) is 5.69 Å². The fraction of sp³-hybridized carbons (Fsp3) is 0.375. The Morgan fingerprint density at radius 1 is 1.38 bits per heavy atom. The highest BCUT2D eigenvalue weighted by atomic mass is 19.1. The van der Waals surface area contributed by atoms with Crippen molar-refractivity contribution < 1.29 is 14.0 Å².